The molecule has 0 heterocycles. The molecule has 0 aliphatic heterocycles. The third-order valence-electron chi connectivity index (χ3n) is 3.03. The molecule has 3 nitrogen and oxygen atoms in total. The smallest absolute Gasteiger partial charge is 0.207 e. The molecule has 0 saturated heterocycles. The van der Waals surface area contributed by atoms with E-state index in [1.807, 2.05) is 19.1 Å². The lowest BCUT2D eigenvalue weighted by atomic mass is 10.1. The topological polar surface area (TPSA) is 46.2 Å². The Labute approximate surface area is 124 Å². The molecule has 2 rings (SSSR count). The van der Waals surface area contributed by atoms with Gasteiger partial charge in [-0.15, -0.1) is 0 Å². The number of hydrogen-bond acceptors (Lipinski definition) is 2. The van der Waals surface area contributed by atoms with Crippen molar-refractivity contribution in [3.63, 3.8) is 0 Å². The van der Waals surface area contributed by atoms with Crippen LogP contribution in [0.25, 0.3) is 0 Å². The van der Waals surface area contributed by atoms with Gasteiger partial charge in [-0.1, -0.05) is 41.4 Å². The summed E-state index contributed by atoms with van der Waals surface area (Å²) in [4.78, 5) is 0.268. The molecule has 0 aliphatic rings. The van der Waals surface area contributed by atoms with Crippen molar-refractivity contribution in [2.45, 2.75) is 24.8 Å². The lowest BCUT2D eigenvalue weighted by Crippen LogP contribution is -2.26. The average Bonchev–Trinajstić information content (AvgIpc) is 2.39. The highest BCUT2D eigenvalue weighted by Crippen LogP contribution is 2.19. The van der Waals surface area contributed by atoms with Gasteiger partial charge >= 0.3 is 0 Å². The quantitative estimate of drug-likeness (QED) is 0.936. The first kappa shape index (κ1) is 15.0. The Kier molecular flexibility index (Phi) is 4.48. The highest BCUT2D eigenvalue weighted by molar-refractivity contribution is 7.89. The van der Waals surface area contributed by atoms with Crippen molar-refractivity contribution in [3.8, 4) is 0 Å². The van der Waals surface area contributed by atoms with Crippen molar-refractivity contribution in [1.82, 2.24) is 4.72 Å². The number of nitrogens with one attached hydrogen (secondary N) is 1. The van der Waals surface area contributed by atoms with Crippen LogP contribution < -0.4 is 4.72 Å². The van der Waals surface area contributed by atoms with Crippen molar-refractivity contribution < 1.29 is 8.42 Å². The number of aryl methyl sites for hydroxylation is 1. The fourth-order valence-electron chi connectivity index (χ4n) is 1.84. The predicted molar refractivity (Wildman–Crippen MR) is 81.4 cm³/mol. The van der Waals surface area contributed by atoms with Gasteiger partial charge in [0, 0.05) is 11.1 Å². The molecule has 0 aromatic heterocycles. The molecule has 0 saturated carbocycles. The number of sulfonamides is 1. The molecule has 106 valence electrons. The number of halogens is 1. The van der Waals surface area contributed by atoms with Crippen molar-refractivity contribution in [2.24, 2.45) is 0 Å². The summed E-state index contributed by atoms with van der Waals surface area (Å²) in [5.74, 6) is 0. The molecule has 0 radical (unpaired) electrons. The van der Waals surface area contributed by atoms with Crippen LogP contribution in [0.15, 0.2) is 53.4 Å². The van der Waals surface area contributed by atoms with E-state index in [4.69, 9.17) is 11.6 Å². The van der Waals surface area contributed by atoms with Crippen molar-refractivity contribution >= 4 is 21.6 Å². The minimum Gasteiger partial charge on any atom is -0.207 e. The zero-order valence-electron chi connectivity index (χ0n) is 11.3. The molecule has 5 heteroatoms. The minimum atomic E-state index is -3.52. The highest BCUT2D eigenvalue weighted by Gasteiger charge is 2.18. The monoisotopic (exact) mass is 309 g/mol. The first-order chi connectivity index (χ1) is 9.38. The Hall–Kier alpha value is -1.36. The second kappa shape index (κ2) is 5.95. The summed E-state index contributed by atoms with van der Waals surface area (Å²) in [6.07, 6.45) is 0. The van der Waals surface area contributed by atoms with Gasteiger partial charge in [-0.25, -0.2) is 13.1 Å². The summed E-state index contributed by atoms with van der Waals surface area (Å²) in [6, 6.07) is 13.6. The minimum absolute atomic E-state index is 0.268. The molecular formula is C15H16ClNO2S. The van der Waals surface area contributed by atoms with Crippen LogP contribution >= 0.6 is 11.6 Å². The van der Waals surface area contributed by atoms with Crippen molar-refractivity contribution in [3.05, 3.63) is 64.7 Å². The fourth-order valence-corrected chi connectivity index (χ4v) is 3.20. The molecule has 0 spiro atoms. The van der Waals surface area contributed by atoms with Crippen LogP contribution in [-0.4, -0.2) is 8.42 Å². The molecule has 0 unspecified atom stereocenters. The van der Waals surface area contributed by atoms with Crippen molar-refractivity contribution in [1.29, 1.82) is 0 Å². The second-order valence-corrected chi connectivity index (χ2v) is 6.86. The van der Waals surface area contributed by atoms with E-state index in [0.717, 1.165) is 11.1 Å². The summed E-state index contributed by atoms with van der Waals surface area (Å²) < 4.78 is 27.2. The Morgan fingerprint density at radius 2 is 1.55 bits per heavy atom. The van der Waals surface area contributed by atoms with E-state index in [0.29, 0.717) is 5.02 Å². The first-order valence-corrected chi connectivity index (χ1v) is 8.09. The molecule has 0 fully saturated rings. The van der Waals surface area contributed by atoms with Gasteiger partial charge in [0.05, 0.1) is 4.90 Å². The van der Waals surface area contributed by atoms with E-state index in [1.54, 1.807) is 43.3 Å². The van der Waals surface area contributed by atoms with Gasteiger partial charge in [0.15, 0.2) is 0 Å². The molecule has 2 aromatic rings. The largest absolute Gasteiger partial charge is 0.241 e. The van der Waals surface area contributed by atoms with Gasteiger partial charge < -0.3 is 0 Å². The molecule has 0 aliphatic carbocycles. The Bertz CT molecular complexity index is 679. The van der Waals surface area contributed by atoms with E-state index >= 15 is 0 Å². The normalized spacial score (nSPS) is 13.2. The zero-order chi connectivity index (χ0) is 14.8. The summed E-state index contributed by atoms with van der Waals surface area (Å²) in [5.41, 5.74) is 1.89. The van der Waals surface area contributed by atoms with E-state index in [9.17, 15) is 8.42 Å². The van der Waals surface area contributed by atoms with Gasteiger partial charge in [0.2, 0.25) is 10.0 Å². The fraction of sp³-hybridized carbons (Fsp3) is 0.200. The van der Waals surface area contributed by atoms with Crippen LogP contribution in [0.5, 0.6) is 0 Å². The Morgan fingerprint density at radius 1 is 1.00 bits per heavy atom. The average molecular weight is 310 g/mol. The second-order valence-electron chi connectivity index (χ2n) is 4.71. The third-order valence-corrected chi connectivity index (χ3v) is 4.84. The number of hydrogen-bond donors (Lipinski definition) is 1. The number of benzene rings is 2. The van der Waals surface area contributed by atoms with Crippen LogP contribution in [0.3, 0.4) is 0 Å². The Morgan fingerprint density at radius 3 is 2.10 bits per heavy atom. The van der Waals surface area contributed by atoms with E-state index in [2.05, 4.69) is 4.72 Å². The van der Waals surface area contributed by atoms with Gasteiger partial charge in [0.25, 0.3) is 0 Å². The number of rotatable bonds is 4. The molecule has 1 atom stereocenters. The lowest BCUT2D eigenvalue weighted by Gasteiger charge is -2.15. The highest BCUT2D eigenvalue weighted by atomic mass is 35.5. The van der Waals surface area contributed by atoms with Crippen molar-refractivity contribution in [2.75, 3.05) is 0 Å². The summed E-state index contributed by atoms with van der Waals surface area (Å²) >= 11 is 5.82. The van der Waals surface area contributed by atoms with Gasteiger partial charge in [-0.05, 0) is 43.7 Å². The van der Waals surface area contributed by atoms with Crippen LogP contribution in [-0.2, 0) is 10.0 Å². The van der Waals surface area contributed by atoms with Crippen LogP contribution in [0.4, 0.5) is 0 Å². The summed E-state index contributed by atoms with van der Waals surface area (Å²) in [6.45, 7) is 3.72. The van der Waals surface area contributed by atoms with Crippen LogP contribution in [0, 0.1) is 6.92 Å². The molecule has 0 amide bonds. The molecule has 20 heavy (non-hydrogen) atoms. The Balaban J connectivity index is 2.19. The van der Waals surface area contributed by atoms with Crippen LogP contribution in [0.2, 0.25) is 5.02 Å². The lowest BCUT2D eigenvalue weighted by molar-refractivity contribution is 0.567. The molecule has 0 bridgehead atoms. The van der Waals surface area contributed by atoms with Gasteiger partial charge in [-0.3, -0.25) is 0 Å². The SMILES string of the molecule is Cc1ccc(S(=O)(=O)N[C@@H](C)c2ccc(Cl)cc2)cc1. The third kappa shape index (κ3) is 3.60. The van der Waals surface area contributed by atoms with Gasteiger partial charge in [-0.2, -0.15) is 0 Å². The summed E-state index contributed by atoms with van der Waals surface area (Å²) in [7, 11) is -3.52. The zero-order valence-corrected chi connectivity index (χ0v) is 12.9. The van der Waals surface area contributed by atoms with Crippen LogP contribution in [0.1, 0.15) is 24.1 Å². The van der Waals surface area contributed by atoms with E-state index in [1.165, 1.54) is 0 Å². The standard InChI is InChI=1S/C15H16ClNO2S/c1-11-3-9-15(10-4-11)20(18,19)17-12(2)13-5-7-14(16)8-6-13/h3-10,12,17H,1-2H3/t12-/m0/s1. The van der Waals surface area contributed by atoms with E-state index < -0.39 is 10.0 Å². The van der Waals surface area contributed by atoms with E-state index in [-0.39, 0.29) is 10.9 Å². The maximum Gasteiger partial charge on any atom is 0.241 e. The van der Waals surface area contributed by atoms with Gasteiger partial charge in [0.1, 0.15) is 0 Å². The first-order valence-electron chi connectivity index (χ1n) is 6.23. The maximum atomic E-state index is 12.3. The predicted octanol–water partition coefficient (Wildman–Crippen LogP) is 3.69. The molecule has 1 N–H and O–H groups in total. The summed E-state index contributed by atoms with van der Waals surface area (Å²) in [5, 5.41) is 0.627. The molecule has 2 aromatic carbocycles. The maximum absolute atomic E-state index is 12.3. The molecular weight excluding hydrogens is 294 g/mol.